The smallest absolute Gasteiger partial charge is 0.194 e. The number of aliphatic imine (C=N–C) groups is 1. The molecule has 27 heavy (non-hydrogen) atoms. The topological polar surface area (TPSA) is 63.9 Å². The highest BCUT2D eigenvalue weighted by Crippen LogP contribution is 2.51. The van der Waals surface area contributed by atoms with Crippen molar-refractivity contribution >= 4 is 29.9 Å². The number of methoxy groups -OCH3 is 1. The zero-order valence-corrected chi connectivity index (χ0v) is 19.7. The van der Waals surface area contributed by atoms with Gasteiger partial charge in [-0.05, 0) is 20.3 Å². The number of aryl methyl sites for hydroxylation is 1. The first-order valence-electron chi connectivity index (χ1n) is 9.52. The number of morpholine rings is 1. The van der Waals surface area contributed by atoms with Crippen molar-refractivity contribution in [3.05, 3.63) is 18.0 Å². The number of halogens is 1. The molecule has 2 heterocycles. The summed E-state index contributed by atoms with van der Waals surface area (Å²) in [6, 6.07) is 0.345. The molecule has 0 spiro atoms. The van der Waals surface area contributed by atoms with Gasteiger partial charge in [0, 0.05) is 50.5 Å². The van der Waals surface area contributed by atoms with E-state index in [4.69, 9.17) is 14.5 Å². The Bertz CT molecular complexity index is 662. The Kier molecular flexibility index (Phi) is 7.18. The molecule has 154 valence electrons. The Balaban J connectivity index is 0.00000261. The Morgan fingerprint density at radius 2 is 2.19 bits per heavy atom. The first-order valence-corrected chi connectivity index (χ1v) is 9.52. The number of hydrogen-bond donors (Lipinski definition) is 1. The lowest BCUT2D eigenvalue weighted by Crippen LogP contribution is -2.70. The minimum atomic E-state index is -0.0920. The van der Waals surface area contributed by atoms with Crippen LogP contribution in [0.2, 0.25) is 0 Å². The van der Waals surface area contributed by atoms with Crippen molar-refractivity contribution < 1.29 is 9.47 Å². The van der Waals surface area contributed by atoms with E-state index >= 15 is 0 Å². The van der Waals surface area contributed by atoms with Crippen molar-refractivity contribution in [2.75, 3.05) is 33.4 Å². The van der Waals surface area contributed by atoms with Crippen LogP contribution in [0.25, 0.3) is 0 Å². The summed E-state index contributed by atoms with van der Waals surface area (Å²) in [6.07, 6.45) is 4.92. The molecule has 1 N–H and O–H groups in total. The SMILES string of the molecule is CCN=C(NC1CC(C)(OC)C1(C)C)N1CCOC(c2cnn(C)c2)C1.I. The maximum absolute atomic E-state index is 5.97. The van der Waals surface area contributed by atoms with Crippen LogP contribution in [0, 0.1) is 5.41 Å². The third-order valence-electron chi connectivity index (χ3n) is 6.35. The third-order valence-corrected chi connectivity index (χ3v) is 6.35. The Morgan fingerprint density at radius 1 is 1.44 bits per heavy atom. The molecular weight excluding hydrogens is 457 g/mol. The summed E-state index contributed by atoms with van der Waals surface area (Å²) in [6.45, 7) is 11.9. The summed E-state index contributed by atoms with van der Waals surface area (Å²) < 4.78 is 13.6. The average molecular weight is 491 g/mol. The third kappa shape index (κ3) is 4.27. The van der Waals surface area contributed by atoms with Crippen LogP contribution in [0.4, 0.5) is 0 Å². The molecule has 0 amide bonds. The number of hydrogen-bond acceptors (Lipinski definition) is 4. The van der Waals surface area contributed by atoms with Crippen LogP contribution in [-0.2, 0) is 16.5 Å². The molecule has 8 heteroatoms. The number of rotatable bonds is 4. The van der Waals surface area contributed by atoms with Crippen molar-refractivity contribution in [2.45, 2.75) is 51.9 Å². The van der Waals surface area contributed by atoms with Crippen LogP contribution in [0.5, 0.6) is 0 Å². The van der Waals surface area contributed by atoms with E-state index in [2.05, 4.69) is 43.0 Å². The van der Waals surface area contributed by atoms with Gasteiger partial charge in [0.1, 0.15) is 6.10 Å². The first kappa shape index (κ1) is 22.4. The van der Waals surface area contributed by atoms with E-state index in [9.17, 15) is 0 Å². The predicted octanol–water partition coefficient (Wildman–Crippen LogP) is 2.58. The first-order chi connectivity index (χ1) is 12.3. The van der Waals surface area contributed by atoms with E-state index in [0.717, 1.165) is 37.6 Å². The lowest BCUT2D eigenvalue weighted by atomic mass is 9.56. The molecular formula is C19H34IN5O2. The van der Waals surface area contributed by atoms with Crippen molar-refractivity contribution in [2.24, 2.45) is 17.5 Å². The average Bonchev–Trinajstić information content (AvgIpc) is 3.07. The number of nitrogens with zero attached hydrogens (tertiary/aromatic N) is 4. The molecule has 2 fully saturated rings. The highest BCUT2D eigenvalue weighted by Gasteiger charge is 2.58. The zero-order chi connectivity index (χ0) is 18.9. The summed E-state index contributed by atoms with van der Waals surface area (Å²) in [5.41, 5.74) is 1.07. The highest BCUT2D eigenvalue weighted by molar-refractivity contribution is 14.0. The lowest BCUT2D eigenvalue weighted by molar-refractivity contribution is -0.177. The number of aromatic nitrogens is 2. The number of guanidine groups is 1. The molecule has 0 radical (unpaired) electrons. The van der Waals surface area contributed by atoms with Gasteiger partial charge in [0.25, 0.3) is 0 Å². The standard InChI is InChI=1S/C19H33N5O2.HI/c1-7-20-17(22-16-10-19(4,25-6)18(16,2)3)24-8-9-26-15(13-24)14-11-21-23(5)12-14;/h11-12,15-16H,7-10,13H2,1-6H3,(H,20,22);1H. The molecule has 0 bridgehead atoms. The van der Waals surface area contributed by atoms with Crippen LogP contribution in [-0.4, -0.2) is 65.6 Å². The minimum Gasteiger partial charge on any atom is -0.378 e. The van der Waals surface area contributed by atoms with Crippen molar-refractivity contribution in [3.8, 4) is 0 Å². The molecule has 0 aromatic carbocycles. The minimum absolute atomic E-state index is 0. The lowest BCUT2D eigenvalue weighted by Gasteiger charge is -2.59. The van der Waals surface area contributed by atoms with Gasteiger partial charge in [-0.1, -0.05) is 13.8 Å². The molecule has 1 aliphatic heterocycles. The summed E-state index contributed by atoms with van der Waals surface area (Å²) in [5, 5.41) is 7.97. The van der Waals surface area contributed by atoms with E-state index in [1.54, 1.807) is 7.11 Å². The molecule has 1 saturated heterocycles. The second-order valence-electron chi connectivity index (χ2n) is 8.11. The Hall–Kier alpha value is -0.870. The van der Waals surface area contributed by atoms with Crippen molar-refractivity contribution in [1.29, 1.82) is 0 Å². The zero-order valence-electron chi connectivity index (χ0n) is 17.4. The fourth-order valence-corrected chi connectivity index (χ4v) is 3.92. The Labute approximate surface area is 179 Å². The number of nitrogens with one attached hydrogen (secondary N) is 1. The molecule has 1 aromatic heterocycles. The molecule has 1 aliphatic carbocycles. The van der Waals surface area contributed by atoms with Crippen molar-refractivity contribution in [1.82, 2.24) is 20.0 Å². The Morgan fingerprint density at radius 3 is 2.74 bits per heavy atom. The van der Waals surface area contributed by atoms with E-state index in [1.807, 2.05) is 24.1 Å². The predicted molar refractivity (Wildman–Crippen MR) is 118 cm³/mol. The molecule has 7 nitrogen and oxygen atoms in total. The maximum Gasteiger partial charge on any atom is 0.194 e. The van der Waals surface area contributed by atoms with Crippen molar-refractivity contribution in [3.63, 3.8) is 0 Å². The van der Waals surface area contributed by atoms with Gasteiger partial charge in [0.15, 0.2) is 5.96 Å². The normalized spacial score (nSPS) is 30.4. The van der Waals surface area contributed by atoms with Gasteiger partial charge < -0.3 is 19.7 Å². The molecule has 1 saturated carbocycles. The van der Waals surface area contributed by atoms with Gasteiger partial charge in [0.2, 0.25) is 0 Å². The summed E-state index contributed by atoms with van der Waals surface area (Å²) in [5.74, 6) is 0.973. The fourth-order valence-electron chi connectivity index (χ4n) is 3.92. The van der Waals surface area contributed by atoms with E-state index in [0.29, 0.717) is 12.6 Å². The second-order valence-corrected chi connectivity index (χ2v) is 8.11. The van der Waals surface area contributed by atoms with E-state index in [1.165, 1.54) is 0 Å². The van der Waals surface area contributed by atoms with Gasteiger partial charge >= 0.3 is 0 Å². The monoisotopic (exact) mass is 491 g/mol. The molecule has 3 unspecified atom stereocenters. The highest BCUT2D eigenvalue weighted by atomic mass is 127. The van der Waals surface area contributed by atoms with Gasteiger partial charge in [0.05, 0.1) is 24.9 Å². The van der Waals surface area contributed by atoms with Gasteiger partial charge in [-0.2, -0.15) is 5.10 Å². The second kappa shape index (κ2) is 8.65. The largest absolute Gasteiger partial charge is 0.378 e. The van der Waals surface area contributed by atoms with Crippen LogP contribution in [0.3, 0.4) is 0 Å². The number of ether oxygens (including phenoxy) is 2. The quantitative estimate of drug-likeness (QED) is 0.399. The van der Waals surface area contributed by atoms with Gasteiger partial charge in [-0.25, -0.2) is 0 Å². The van der Waals surface area contributed by atoms with Crippen LogP contribution in [0.1, 0.15) is 45.8 Å². The maximum atomic E-state index is 5.97. The van der Waals surface area contributed by atoms with Gasteiger partial charge in [-0.15, -0.1) is 24.0 Å². The summed E-state index contributed by atoms with van der Waals surface area (Å²) in [4.78, 5) is 7.07. The fraction of sp³-hybridized carbons (Fsp3) is 0.789. The molecule has 3 atom stereocenters. The molecule has 1 aromatic rings. The summed E-state index contributed by atoms with van der Waals surface area (Å²) in [7, 11) is 3.74. The van der Waals surface area contributed by atoms with Crippen LogP contribution < -0.4 is 5.32 Å². The van der Waals surface area contributed by atoms with E-state index in [-0.39, 0.29) is 41.1 Å². The molecule has 3 rings (SSSR count). The molecule has 2 aliphatic rings. The van der Waals surface area contributed by atoms with Crippen LogP contribution in [0.15, 0.2) is 17.4 Å². The van der Waals surface area contributed by atoms with E-state index < -0.39 is 0 Å². The van der Waals surface area contributed by atoms with Crippen LogP contribution >= 0.6 is 24.0 Å². The van der Waals surface area contributed by atoms with Gasteiger partial charge in [-0.3, -0.25) is 9.67 Å². The summed E-state index contributed by atoms with van der Waals surface area (Å²) >= 11 is 0.